The van der Waals surface area contributed by atoms with E-state index in [0.717, 1.165) is 5.75 Å². The summed E-state index contributed by atoms with van der Waals surface area (Å²) in [4.78, 5) is 0. The summed E-state index contributed by atoms with van der Waals surface area (Å²) in [6, 6.07) is 9.85. The normalized spacial score (nSPS) is 15.0. The lowest BCUT2D eigenvalue weighted by molar-refractivity contribution is 0.178. The van der Waals surface area contributed by atoms with Gasteiger partial charge in [-0.15, -0.1) is 0 Å². The first-order valence-electron chi connectivity index (χ1n) is 4.42. The fourth-order valence-electron chi connectivity index (χ4n) is 0.951. The fraction of sp³-hybridized carbons (Fsp3) is 0.400. The van der Waals surface area contributed by atoms with E-state index in [1.165, 1.54) is 0 Å². The van der Waals surface area contributed by atoms with Gasteiger partial charge in [-0.05, 0) is 26.0 Å². The summed E-state index contributed by atoms with van der Waals surface area (Å²) in [5, 5.41) is 0. The third kappa shape index (κ3) is 3.05. The lowest BCUT2D eigenvalue weighted by Crippen LogP contribution is -2.42. The second-order valence-corrected chi connectivity index (χ2v) is 3.09. The average Bonchev–Trinajstić information content (AvgIpc) is 2.18. The van der Waals surface area contributed by atoms with Crippen LogP contribution in [0.1, 0.15) is 13.8 Å². The van der Waals surface area contributed by atoms with E-state index in [4.69, 9.17) is 10.6 Å². The van der Waals surface area contributed by atoms with E-state index in [-0.39, 0.29) is 12.1 Å². The van der Waals surface area contributed by atoms with Crippen molar-refractivity contribution in [3.63, 3.8) is 0 Å². The van der Waals surface area contributed by atoms with Crippen molar-refractivity contribution in [1.29, 1.82) is 0 Å². The van der Waals surface area contributed by atoms with E-state index in [9.17, 15) is 0 Å². The molecule has 3 heteroatoms. The molecule has 0 aromatic heterocycles. The van der Waals surface area contributed by atoms with Gasteiger partial charge in [-0.1, -0.05) is 18.2 Å². The molecule has 0 spiro atoms. The molecule has 0 fully saturated rings. The van der Waals surface area contributed by atoms with Gasteiger partial charge in [0, 0.05) is 0 Å². The van der Waals surface area contributed by atoms with Gasteiger partial charge in [0.25, 0.3) is 0 Å². The minimum absolute atomic E-state index is 0.0624. The fourth-order valence-corrected chi connectivity index (χ4v) is 0.951. The van der Waals surface area contributed by atoms with Gasteiger partial charge in [-0.25, -0.2) is 0 Å². The highest BCUT2D eigenvalue weighted by Crippen LogP contribution is 2.11. The highest BCUT2D eigenvalue weighted by atomic mass is 16.5. The van der Waals surface area contributed by atoms with Crippen molar-refractivity contribution in [2.24, 2.45) is 5.84 Å². The Hall–Kier alpha value is -1.06. The molecular weight excluding hydrogens is 164 g/mol. The first-order valence-corrected chi connectivity index (χ1v) is 4.42. The molecule has 0 heterocycles. The van der Waals surface area contributed by atoms with Crippen LogP contribution in [0.3, 0.4) is 0 Å². The number of hydrogen-bond acceptors (Lipinski definition) is 3. The Morgan fingerprint density at radius 2 is 1.85 bits per heavy atom. The van der Waals surface area contributed by atoms with Crippen LogP contribution in [0.5, 0.6) is 5.75 Å². The maximum absolute atomic E-state index is 5.62. The lowest BCUT2D eigenvalue weighted by Gasteiger charge is -2.20. The Morgan fingerprint density at radius 3 is 2.38 bits per heavy atom. The van der Waals surface area contributed by atoms with Crippen LogP contribution < -0.4 is 16.0 Å². The highest BCUT2D eigenvalue weighted by Gasteiger charge is 2.10. The quantitative estimate of drug-likeness (QED) is 0.542. The zero-order valence-corrected chi connectivity index (χ0v) is 8.03. The molecule has 72 valence electrons. The number of hydrogen-bond donors (Lipinski definition) is 2. The molecule has 3 nitrogen and oxygen atoms in total. The summed E-state index contributed by atoms with van der Waals surface area (Å²) in [5.41, 5.74) is 2.66. The summed E-state index contributed by atoms with van der Waals surface area (Å²) in [6.07, 6.45) is 0.0624. The number of ether oxygens (including phenoxy) is 1. The maximum Gasteiger partial charge on any atom is 0.119 e. The second kappa shape index (κ2) is 4.84. The van der Waals surface area contributed by atoms with Crippen LogP contribution in [0.25, 0.3) is 0 Å². The Kier molecular flexibility index (Phi) is 3.73. The Morgan fingerprint density at radius 1 is 1.23 bits per heavy atom. The molecule has 1 aromatic carbocycles. The van der Waals surface area contributed by atoms with Crippen molar-refractivity contribution in [1.82, 2.24) is 5.43 Å². The topological polar surface area (TPSA) is 47.3 Å². The van der Waals surface area contributed by atoms with Gasteiger partial charge in [0.15, 0.2) is 0 Å². The number of nitrogens with one attached hydrogen (secondary N) is 1. The second-order valence-electron chi connectivity index (χ2n) is 3.09. The van der Waals surface area contributed by atoms with Gasteiger partial charge in [0.05, 0.1) is 6.04 Å². The Labute approximate surface area is 78.9 Å². The lowest BCUT2D eigenvalue weighted by atomic mass is 10.2. The smallest absolute Gasteiger partial charge is 0.119 e. The molecular formula is C10H16N2O. The van der Waals surface area contributed by atoms with Gasteiger partial charge in [-0.2, -0.15) is 0 Å². The molecule has 0 amide bonds. The highest BCUT2D eigenvalue weighted by molar-refractivity contribution is 5.21. The number of para-hydroxylation sites is 1. The minimum Gasteiger partial charge on any atom is -0.489 e. The van der Waals surface area contributed by atoms with Crippen molar-refractivity contribution in [2.75, 3.05) is 0 Å². The molecule has 0 saturated heterocycles. The molecule has 0 aliphatic heterocycles. The molecule has 0 bridgehead atoms. The molecule has 0 saturated carbocycles. The summed E-state index contributed by atoms with van der Waals surface area (Å²) < 4.78 is 5.62. The molecule has 0 radical (unpaired) electrons. The van der Waals surface area contributed by atoms with E-state index in [1.54, 1.807) is 0 Å². The van der Waals surface area contributed by atoms with Crippen LogP contribution in [-0.2, 0) is 0 Å². The van der Waals surface area contributed by atoms with Crippen molar-refractivity contribution >= 4 is 0 Å². The molecule has 13 heavy (non-hydrogen) atoms. The first-order chi connectivity index (χ1) is 6.24. The number of hydrazine groups is 1. The standard InChI is InChI=1S/C10H16N2O/c1-8(12-11)9(2)13-10-6-4-3-5-7-10/h3-9,12H,11H2,1-2H3/t8-,9-/m1/s1. The van der Waals surface area contributed by atoms with Gasteiger partial charge < -0.3 is 4.74 Å². The first kappa shape index (κ1) is 10.0. The van der Waals surface area contributed by atoms with Crippen LogP contribution in [0, 0.1) is 0 Å². The van der Waals surface area contributed by atoms with E-state index in [2.05, 4.69) is 5.43 Å². The summed E-state index contributed by atoms with van der Waals surface area (Å²) in [7, 11) is 0. The van der Waals surface area contributed by atoms with Gasteiger partial charge >= 0.3 is 0 Å². The number of nitrogens with two attached hydrogens (primary N) is 1. The summed E-state index contributed by atoms with van der Waals surface area (Å²) in [5.74, 6) is 6.17. The number of rotatable bonds is 4. The van der Waals surface area contributed by atoms with E-state index >= 15 is 0 Å². The average molecular weight is 180 g/mol. The van der Waals surface area contributed by atoms with E-state index in [0.29, 0.717) is 0 Å². The zero-order valence-electron chi connectivity index (χ0n) is 8.03. The molecule has 2 atom stereocenters. The summed E-state index contributed by atoms with van der Waals surface area (Å²) in [6.45, 7) is 3.96. The predicted molar refractivity (Wildman–Crippen MR) is 53.3 cm³/mol. The monoisotopic (exact) mass is 180 g/mol. The van der Waals surface area contributed by atoms with Crippen LogP contribution >= 0.6 is 0 Å². The maximum atomic E-state index is 5.62. The SMILES string of the molecule is C[C@@H](NN)[C@@H](C)Oc1ccccc1. The van der Waals surface area contributed by atoms with Crippen molar-refractivity contribution in [3.8, 4) is 5.75 Å². The molecule has 3 N–H and O–H groups in total. The summed E-state index contributed by atoms with van der Waals surface area (Å²) >= 11 is 0. The largest absolute Gasteiger partial charge is 0.489 e. The van der Waals surface area contributed by atoms with Gasteiger partial charge in [-0.3, -0.25) is 11.3 Å². The van der Waals surface area contributed by atoms with E-state index < -0.39 is 0 Å². The third-order valence-electron chi connectivity index (χ3n) is 2.03. The number of benzene rings is 1. The minimum atomic E-state index is 0.0624. The van der Waals surface area contributed by atoms with Gasteiger partial charge in [0.2, 0.25) is 0 Å². The zero-order chi connectivity index (χ0) is 9.68. The third-order valence-corrected chi connectivity index (χ3v) is 2.03. The van der Waals surface area contributed by atoms with Crippen molar-refractivity contribution < 1.29 is 4.74 Å². The molecule has 1 rings (SSSR count). The Bertz CT molecular complexity index is 238. The van der Waals surface area contributed by atoms with Crippen molar-refractivity contribution in [2.45, 2.75) is 26.0 Å². The molecule has 1 aromatic rings. The van der Waals surface area contributed by atoms with Crippen LogP contribution in [0.2, 0.25) is 0 Å². The van der Waals surface area contributed by atoms with Crippen LogP contribution in [-0.4, -0.2) is 12.1 Å². The van der Waals surface area contributed by atoms with Crippen LogP contribution in [0.15, 0.2) is 30.3 Å². The molecule has 0 aliphatic rings. The Balaban J connectivity index is 2.50. The van der Waals surface area contributed by atoms with Crippen LogP contribution in [0.4, 0.5) is 0 Å². The predicted octanol–water partition coefficient (Wildman–Crippen LogP) is 1.31. The van der Waals surface area contributed by atoms with Crippen molar-refractivity contribution in [3.05, 3.63) is 30.3 Å². The van der Waals surface area contributed by atoms with Gasteiger partial charge in [0.1, 0.15) is 11.9 Å². The van der Waals surface area contributed by atoms with E-state index in [1.807, 2.05) is 44.2 Å². The molecule has 0 unspecified atom stereocenters. The molecule has 0 aliphatic carbocycles.